The maximum Gasteiger partial charge on any atom is 0.255 e. The highest BCUT2D eigenvalue weighted by Gasteiger charge is 2.46. The summed E-state index contributed by atoms with van der Waals surface area (Å²) in [6.45, 7) is 1.33. The molecule has 102 valence electrons. The second-order valence-electron chi connectivity index (χ2n) is 4.91. The molecule has 0 radical (unpaired) electrons. The molecule has 2 aliphatic rings. The van der Waals surface area contributed by atoms with Gasteiger partial charge in [-0.25, -0.2) is 0 Å². The molecule has 6 heteroatoms. The van der Waals surface area contributed by atoms with Crippen LogP contribution in [0.2, 0.25) is 0 Å². The van der Waals surface area contributed by atoms with Gasteiger partial charge in [-0.05, 0) is 18.9 Å². The average Bonchev–Trinajstić information content (AvgIpc) is 2.86. The molecule has 6 nitrogen and oxygen atoms in total. The van der Waals surface area contributed by atoms with Crippen LogP contribution in [0.3, 0.4) is 0 Å². The van der Waals surface area contributed by atoms with Crippen molar-refractivity contribution in [3.8, 4) is 0 Å². The third-order valence-electron chi connectivity index (χ3n) is 3.87. The molecule has 0 bridgehead atoms. The number of hydrogen-bond donors (Lipinski definition) is 0. The zero-order valence-corrected chi connectivity index (χ0v) is 10.9. The Hall–Kier alpha value is -1.53. The number of likely N-dealkylation sites (tertiary alicyclic amines) is 1. The molecule has 1 aromatic heterocycles. The fourth-order valence-corrected chi connectivity index (χ4v) is 2.93. The maximum absolute atomic E-state index is 12.5. The molecule has 2 aliphatic heterocycles. The van der Waals surface area contributed by atoms with Crippen molar-refractivity contribution >= 4 is 5.91 Å². The van der Waals surface area contributed by atoms with E-state index < -0.39 is 0 Å². The van der Waals surface area contributed by atoms with Gasteiger partial charge < -0.3 is 14.4 Å². The number of fused-ring (bicyclic) bond motifs is 1. The summed E-state index contributed by atoms with van der Waals surface area (Å²) in [5.41, 5.74) is 0.566. The Bertz CT molecular complexity index is 454. The summed E-state index contributed by atoms with van der Waals surface area (Å²) in [7, 11) is 1.67. The standard InChI is InChI=1S/C13H17N3O3/c1-18-11-8-16(10-3-2-6-19-12(10)11)13(17)9-4-5-14-15-7-9/h4-5,7,10-12H,2-3,6,8H2,1H3/t10-,11+,12+/m0/s1. The van der Waals surface area contributed by atoms with Gasteiger partial charge in [0.1, 0.15) is 12.2 Å². The second-order valence-corrected chi connectivity index (χ2v) is 4.91. The van der Waals surface area contributed by atoms with Gasteiger partial charge in [0, 0.05) is 13.7 Å². The van der Waals surface area contributed by atoms with Gasteiger partial charge in [-0.2, -0.15) is 10.2 Å². The van der Waals surface area contributed by atoms with Crippen LogP contribution in [-0.4, -0.2) is 59.5 Å². The third kappa shape index (κ3) is 2.21. The lowest BCUT2D eigenvalue weighted by Gasteiger charge is -2.31. The summed E-state index contributed by atoms with van der Waals surface area (Å²) in [4.78, 5) is 14.4. The van der Waals surface area contributed by atoms with Crippen LogP contribution >= 0.6 is 0 Å². The van der Waals surface area contributed by atoms with Crippen LogP contribution in [0, 0.1) is 0 Å². The quantitative estimate of drug-likeness (QED) is 0.777. The van der Waals surface area contributed by atoms with E-state index in [0.29, 0.717) is 12.1 Å². The topological polar surface area (TPSA) is 64.5 Å². The molecular formula is C13H17N3O3. The largest absolute Gasteiger partial charge is 0.377 e. The molecule has 0 aliphatic carbocycles. The smallest absolute Gasteiger partial charge is 0.255 e. The molecule has 0 aromatic carbocycles. The minimum absolute atomic E-state index is 0.00232. The second kappa shape index (κ2) is 5.22. The number of ether oxygens (including phenoxy) is 2. The Morgan fingerprint density at radius 3 is 3.16 bits per heavy atom. The number of amides is 1. The molecular weight excluding hydrogens is 246 g/mol. The minimum atomic E-state index is -0.0379. The monoisotopic (exact) mass is 263 g/mol. The molecule has 2 saturated heterocycles. The highest BCUT2D eigenvalue weighted by atomic mass is 16.5. The highest BCUT2D eigenvalue weighted by Crippen LogP contribution is 2.31. The van der Waals surface area contributed by atoms with Gasteiger partial charge in [-0.3, -0.25) is 4.79 Å². The van der Waals surface area contributed by atoms with E-state index in [-0.39, 0.29) is 24.2 Å². The number of rotatable bonds is 2. The van der Waals surface area contributed by atoms with Crippen molar-refractivity contribution < 1.29 is 14.3 Å². The molecule has 19 heavy (non-hydrogen) atoms. The van der Waals surface area contributed by atoms with E-state index in [9.17, 15) is 4.79 Å². The van der Waals surface area contributed by atoms with E-state index in [2.05, 4.69) is 10.2 Å². The van der Waals surface area contributed by atoms with Crippen LogP contribution in [0.4, 0.5) is 0 Å². The minimum Gasteiger partial charge on any atom is -0.377 e. The normalized spacial score (nSPS) is 30.2. The Balaban J connectivity index is 1.82. The Kier molecular flexibility index (Phi) is 3.44. The Labute approximate surface area is 111 Å². The van der Waals surface area contributed by atoms with Gasteiger partial charge in [-0.1, -0.05) is 0 Å². The van der Waals surface area contributed by atoms with E-state index in [4.69, 9.17) is 9.47 Å². The van der Waals surface area contributed by atoms with Crippen LogP contribution in [-0.2, 0) is 9.47 Å². The summed E-state index contributed by atoms with van der Waals surface area (Å²) < 4.78 is 11.2. The van der Waals surface area contributed by atoms with Crippen LogP contribution < -0.4 is 0 Å². The van der Waals surface area contributed by atoms with Crippen LogP contribution in [0.1, 0.15) is 23.2 Å². The van der Waals surface area contributed by atoms with Crippen molar-refractivity contribution in [2.45, 2.75) is 31.1 Å². The molecule has 1 amide bonds. The van der Waals surface area contributed by atoms with Crippen molar-refractivity contribution in [2.75, 3.05) is 20.3 Å². The summed E-state index contributed by atoms with van der Waals surface area (Å²) in [6.07, 6.45) is 4.94. The molecule has 3 heterocycles. The van der Waals surface area contributed by atoms with Crippen LogP contribution in [0.5, 0.6) is 0 Å². The van der Waals surface area contributed by atoms with Gasteiger partial charge in [0.05, 0.1) is 30.5 Å². The van der Waals surface area contributed by atoms with Crippen molar-refractivity contribution in [3.63, 3.8) is 0 Å². The van der Waals surface area contributed by atoms with E-state index in [1.54, 1.807) is 13.2 Å². The van der Waals surface area contributed by atoms with Gasteiger partial charge in [0.25, 0.3) is 5.91 Å². The molecule has 2 fully saturated rings. The maximum atomic E-state index is 12.5. The lowest BCUT2D eigenvalue weighted by molar-refractivity contribution is -0.0639. The number of nitrogens with zero attached hydrogens (tertiary/aromatic N) is 3. The lowest BCUT2D eigenvalue weighted by atomic mass is 10.0. The molecule has 0 spiro atoms. The van der Waals surface area contributed by atoms with Crippen molar-refractivity contribution in [2.24, 2.45) is 0 Å². The lowest BCUT2D eigenvalue weighted by Crippen LogP contribution is -2.43. The van der Waals surface area contributed by atoms with E-state index in [1.807, 2.05) is 4.90 Å². The van der Waals surface area contributed by atoms with E-state index in [0.717, 1.165) is 19.4 Å². The summed E-state index contributed by atoms with van der Waals surface area (Å²) in [6, 6.07) is 1.80. The number of aromatic nitrogens is 2. The number of carbonyl (C=O) groups is 1. The highest BCUT2D eigenvalue weighted by molar-refractivity contribution is 5.94. The average molecular weight is 263 g/mol. The summed E-state index contributed by atoms with van der Waals surface area (Å²) in [5, 5.41) is 7.46. The SMILES string of the molecule is CO[C@@H]1CN(C(=O)c2ccnnc2)[C@H]2CCCO[C@@H]12. The first kappa shape index (κ1) is 12.5. The number of methoxy groups -OCH3 is 1. The fourth-order valence-electron chi connectivity index (χ4n) is 2.93. The van der Waals surface area contributed by atoms with Crippen molar-refractivity contribution in [1.82, 2.24) is 15.1 Å². The zero-order valence-electron chi connectivity index (χ0n) is 10.9. The van der Waals surface area contributed by atoms with E-state index in [1.165, 1.54) is 12.4 Å². The number of carbonyl (C=O) groups excluding carboxylic acids is 1. The Morgan fingerprint density at radius 1 is 1.53 bits per heavy atom. The first-order valence-corrected chi connectivity index (χ1v) is 6.53. The van der Waals surface area contributed by atoms with Crippen LogP contribution in [0.15, 0.2) is 18.5 Å². The molecule has 0 N–H and O–H groups in total. The zero-order chi connectivity index (χ0) is 13.2. The molecule has 3 rings (SSSR count). The fraction of sp³-hybridized carbons (Fsp3) is 0.615. The van der Waals surface area contributed by atoms with E-state index >= 15 is 0 Å². The Morgan fingerprint density at radius 2 is 2.42 bits per heavy atom. The van der Waals surface area contributed by atoms with Gasteiger partial charge in [0.2, 0.25) is 0 Å². The molecule has 0 saturated carbocycles. The van der Waals surface area contributed by atoms with Gasteiger partial charge in [-0.15, -0.1) is 0 Å². The summed E-state index contributed by atoms with van der Waals surface area (Å²) >= 11 is 0. The summed E-state index contributed by atoms with van der Waals surface area (Å²) in [5.74, 6) is -0.0186. The van der Waals surface area contributed by atoms with Crippen molar-refractivity contribution in [3.05, 3.63) is 24.0 Å². The third-order valence-corrected chi connectivity index (χ3v) is 3.87. The molecule has 1 aromatic rings. The molecule has 0 unspecified atom stereocenters. The van der Waals surface area contributed by atoms with Gasteiger partial charge >= 0.3 is 0 Å². The predicted molar refractivity (Wildman–Crippen MR) is 66.6 cm³/mol. The molecule has 3 atom stereocenters. The predicted octanol–water partition coefficient (Wildman–Crippen LogP) is 0.495. The first-order chi connectivity index (χ1) is 9.31. The first-order valence-electron chi connectivity index (χ1n) is 6.53. The van der Waals surface area contributed by atoms with Crippen molar-refractivity contribution in [1.29, 1.82) is 0 Å². The number of hydrogen-bond acceptors (Lipinski definition) is 5. The van der Waals surface area contributed by atoms with Crippen LogP contribution in [0.25, 0.3) is 0 Å². The van der Waals surface area contributed by atoms with Gasteiger partial charge in [0.15, 0.2) is 0 Å².